The zero-order chi connectivity index (χ0) is 16.3. The maximum atomic E-state index is 13.6. The fraction of sp³-hybridized carbons (Fsp3) is 0.308. The summed E-state index contributed by atoms with van der Waals surface area (Å²) in [6.45, 7) is 1.63. The van der Waals surface area contributed by atoms with Gasteiger partial charge in [0, 0.05) is 22.1 Å². The Balaban J connectivity index is 2.04. The van der Waals surface area contributed by atoms with Gasteiger partial charge in [0.15, 0.2) is 0 Å². The Labute approximate surface area is 127 Å². The predicted octanol–water partition coefficient (Wildman–Crippen LogP) is 2.58. The molecule has 1 aromatic heterocycles. The number of hydrogen-bond acceptors (Lipinski definition) is 4. The van der Waals surface area contributed by atoms with Gasteiger partial charge in [-0.2, -0.15) is 5.10 Å². The predicted molar refractivity (Wildman–Crippen MR) is 76.7 cm³/mol. The molecule has 9 heteroatoms. The van der Waals surface area contributed by atoms with E-state index in [0.29, 0.717) is 0 Å². The third kappa shape index (κ3) is 3.53. The SMILES string of the molecule is C[C@H](c1c(F)cccc1F)[S@@](=O)CCn1cc([N+](=O)[O-])cn1. The van der Waals surface area contributed by atoms with E-state index in [9.17, 15) is 23.1 Å². The van der Waals surface area contributed by atoms with E-state index in [1.54, 1.807) is 0 Å². The third-order valence-corrected chi connectivity index (χ3v) is 4.76. The summed E-state index contributed by atoms with van der Waals surface area (Å²) in [5.41, 5.74) is -0.383. The summed E-state index contributed by atoms with van der Waals surface area (Å²) in [4.78, 5) is 9.94. The van der Waals surface area contributed by atoms with E-state index in [4.69, 9.17) is 0 Å². The molecule has 0 amide bonds. The van der Waals surface area contributed by atoms with E-state index in [0.717, 1.165) is 18.3 Å². The van der Waals surface area contributed by atoms with Crippen LogP contribution in [0.4, 0.5) is 14.5 Å². The van der Waals surface area contributed by atoms with Crippen molar-refractivity contribution in [1.29, 1.82) is 0 Å². The molecule has 1 aromatic carbocycles. The quantitative estimate of drug-likeness (QED) is 0.603. The molecule has 2 atom stereocenters. The molecule has 0 N–H and O–H groups in total. The molecular formula is C13H13F2N3O3S. The molecule has 0 saturated heterocycles. The first-order valence-corrected chi connectivity index (χ1v) is 7.76. The number of benzene rings is 1. The summed E-state index contributed by atoms with van der Waals surface area (Å²) < 4.78 is 40.7. The average molecular weight is 329 g/mol. The molecule has 0 aliphatic carbocycles. The molecule has 0 bridgehead atoms. The zero-order valence-corrected chi connectivity index (χ0v) is 12.4. The molecule has 0 aliphatic rings. The second-order valence-electron chi connectivity index (χ2n) is 4.58. The van der Waals surface area contributed by atoms with Gasteiger partial charge in [0.05, 0.1) is 16.7 Å². The van der Waals surface area contributed by atoms with Gasteiger partial charge < -0.3 is 0 Å². The lowest BCUT2D eigenvalue weighted by molar-refractivity contribution is -0.385. The van der Waals surface area contributed by atoms with Crippen molar-refractivity contribution in [1.82, 2.24) is 9.78 Å². The Hall–Kier alpha value is -2.16. The number of hydrogen-bond donors (Lipinski definition) is 0. The van der Waals surface area contributed by atoms with Gasteiger partial charge in [0.1, 0.15) is 24.0 Å². The van der Waals surface area contributed by atoms with Crippen LogP contribution in [0.1, 0.15) is 17.7 Å². The summed E-state index contributed by atoms with van der Waals surface area (Å²) in [6, 6.07) is 3.47. The van der Waals surface area contributed by atoms with Crippen LogP contribution in [0.15, 0.2) is 30.6 Å². The van der Waals surface area contributed by atoms with E-state index in [2.05, 4.69) is 5.10 Å². The second kappa shape index (κ2) is 6.73. The normalized spacial score (nSPS) is 13.8. The maximum Gasteiger partial charge on any atom is 0.306 e. The van der Waals surface area contributed by atoms with Gasteiger partial charge in [0.25, 0.3) is 0 Å². The fourth-order valence-corrected chi connectivity index (χ4v) is 3.17. The Morgan fingerprint density at radius 3 is 2.59 bits per heavy atom. The van der Waals surface area contributed by atoms with Gasteiger partial charge in [-0.15, -0.1) is 0 Å². The summed E-state index contributed by atoms with van der Waals surface area (Å²) in [5, 5.41) is 13.5. The molecule has 0 saturated carbocycles. The summed E-state index contributed by atoms with van der Waals surface area (Å²) in [7, 11) is -1.55. The minimum absolute atomic E-state index is 0.0772. The topological polar surface area (TPSA) is 78.0 Å². The molecule has 6 nitrogen and oxygen atoms in total. The third-order valence-electron chi connectivity index (χ3n) is 3.15. The average Bonchev–Trinajstić information content (AvgIpc) is 2.93. The van der Waals surface area contributed by atoms with Crippen molar-refractivity contribution in [3.05, 3.63) is 57.9 Å². The highest BCUT2D eigenvalue weighted by Crippen LogP contribution is 2.25. The van der Waals surface area contributed by atoms with E-state index in [1.165, 1.54) is 23.9 Å². The molecule has 0 unspecified atom stereocenters. The van der Waals surface area contributed by atoms with Crippen molar-refractivity contribution in [2.45, 2.75) is 18.7 Å². The van der Waals surface area contributed by atoms with Gasteiger partial charge in [-0.3, -0.25) is 19.0 Å². The number of rotatable bonds is 6. The van der Waals surface area contributed by atoms with Crippen molar-refractivity contribution in [2.75, 3.05) is 5.75 Å². The lowest BCUT2D eigenvalue weighted by atomic mass is 10.1. The van der Waals surface area contributed by atoms with Gasteiger partial charge in [-0.05, 0) is 19.1 Å². The summed E-state index contributed by atoms with van der Waals surface area (Å²) in [6.07, 6.45) is 2.30. The lowest BCUT2D eigenvalue weighted by Crippen LogP contribution is -2.14. The molecule has 0 fully saturated rings. The van der Waals surface area contributed by atoms with Crippen LogP contribution in [0, 0.1) is 21.7 Å². The standard InChI is InChI=1S/C13H13F2N3O3S/c1-9(13-11(14)3-2-4-12(13)15)22(21)6-5-17-8-10(7-16-17)18(19)20/h2-4,7-9H,5-6H2,1H3/t9-,22+/m1/s1. The van der Waals surface area contributed by atoms with E-state index >= 15 is 0 Å². The molecule has 0 radical (unpaired) electrons. The van der Waals surface area contributed by atoms with Crippen LogP contribution in [0.3, 0.4) is 0 Å². The zero-order valence-electron chi connectivity index (χ0n) is 11.6. The van der Waals surface area contributed by atoms with Gasteiger partial charge >= 0.3 is 5.69 Å². The smallest absolute Gasteiger partial charge is 0.265 e. The van der Waals surface area contributed by atoms with Crippen molar-refractivity contribution >= 4 is 16.5 Å². The maximum absolute atomic E-state index is 13.6. The Bertz CT molecular complexity index is 700. The summed E-state index contributed by atoms with van der Waals surface area (Å²) in [5.74, 6) is -1.40. The monoisotopic (exact) mass is 329 g/mol. The number of aromatic nitrogens is 2. The minimum atomic E-state index is -1.55. The van der Waals surface area contributed by atoms with E-state index in [-0.39, 0.29) is 23.5 Å². The molecule has 0 spiro atoms. The molecule has 0 aliphatic heterocycles. The van der Waals surface area contributed by atoms with Crippen LogP contribution in [-0.4, -0.2) is 24.7 Å². The van der Waals surface area contributed by atoms with Crippen LogP contribution in [0.2, 0.25) is 0 Å². The fourth-order valence-electron chi connectivity index (χ4n) is 1.96. The highest BCUT2D eigenvalue weighted by molar-refractivity contribution is 7.85. The van der Waals surface area contributed by atoms with Gasteiger partial charge in [0.2, 0.25) is 0 Å². The Morgan fingerprint density at radius 2 is 2.05 bits per heavy atom. The molecule has 2 rings (SSSR count). The Kier molecular flexibility index (Phi) is 4.96. The second-order valence-corrected chi connectivity index (χ2v) is 6.46. The largest absolute Gasteiger partial charge is 0.306 e. The number of nitrogens with zero attached hydrogens (tertiary/aromatic N) is 3. The van der Waals surface area contributed by atoms with Crippen LogP contribution in [-0.2, 0) is 17.3 Å². The summed E-state index contributed by atoms with van der Waals surface area (Å²) >= 11 is 0. The number of aryl methyl sites for hydroxylation is 1. The van der Waals surface area contributed by atoms with Crippen molar-refractivity contribution in [2.24, 2.45) is 0 Å². The van der Waals surface area contributed by atoms with Crippen LogP contribution in [0.5, 0.6) is 0 Å². The van der Waals surface area contributed by atoms with Crippen LogP contribution < -0.4 is 0 Å². The molecular weight excluding hydrogens is 316 g/mol. The first-order valence-electron chi connectivity index (χ1n) is 6.38. The molecule has 118 valence electrons. The van der Waals surface area contributed by atoms with Crippen LogP contribution >= 0.6 is 0 Å². The Morgan fingerprint density at radius 1 is 1.41 bits per heavy atom. The highest BCUT2D eigenvalue weighted by Gasteiger charge is 2.21. The minimum Gasteiger partial charge on any atom is -0.265 e. The van der Waals surface area contributed by atoms with Crippen molar-refractivity contribution < 1.29 is 17.9 Å². The van der Waals surface area contributed by atoms with E-state index < -0.39 is 32.6 Å². The van der Waals surface area contributed by atoms with Crippen molar-refractivity contribution in [3.63, 3.8) is 0 Å². The first kappa shape index (κ1) is 16.2. The highest BCUT2D eigenvalue weighted by atomic mass is 32.2. The van der Waals surface area contributed by atoms with Gasteiger partial charge in [-0.25, -0.2) is 8.78 Å². The first-order chi connectivity index (χ1) is 10.4. The van der Waals surface area contributed by atoms with E-state index in [1.807, 2.05) is 0 Å². The molecule has 22 heavy (non-hydrogen) atoms. The number of nitro groups is 1. The molecule has 2 aromatic rings. The lowest BCUT2D eigenvalue weighted by Gasteiger charge is -2.13. The van der Waals surface area contributed by atoms with Crippen molar-refractivity contribution in [3.8, 4) is 0 Å². The number of halogens is 2. The van der Waals surface area contributed by atoms with Gasteiger partial charge in [-0.1, -0.05) is 6.07 Å². The molecule has 1 heterocycles. The van der Waals surface area contributed by atoms with Crippen LogP contribution in [0.25, 0.3) is 0 Å².